The number of imide groups is 1. The number of hydrogen-bond donors (Lipinski definition) is 5. The van der Waals surface area contributed by atoms with Gasteiger partial charge in [0.15, 0.2) is 0 Å². The van der Waals surface area contributed by atoms with Gasteiger partial charge in [0.1, 0.15) is 11.4 Å². The van der Waals surface area contributed by atoms with E-state index in [1.165, 1.54) is 11.1 Å². The number of carbonyl (C=O) groups excluding carboxylic acids is 2. The highest BCUT2D eigenvalue weighted by atomic mass is 35.5. The van der Waals surface area contributed by atoms with E-state index in [0.29, 0.717) is 51.5 Å². The van der Waals surface area contributed by atoms with Gasteiger partial charge in [-0.2, -0.15) is 0 Å². The van der Waals surface area contributed by atoms with E-state index in [0.717, 1.165) is 25.9 Å². The highest BCUT2D eigenvalue weighted by Crippen LogP contribution is 2.34. The van der Waals surface area contributed by atoms with Crippen LogP contribution < -0.4 is 16.2 Å². The number of piperidine rings is 1. The minimum atomic E-state index is -0.873. The molecule has 11 nitrogen and oxygen atoms in total. The Labute approximate surface area is 252 Å². The van der Waals surface area contributed by atoms with Crippen molar-refractivity contribution in [3.63, 3.8) is 0 Å². The highest BCUT2D eigenvalue weighted by molar-refractivity contribution is 6.30. The van der Waals surface area contributed by atoms with Crippen molar-refractivity contribution in [3.05, 3.63) is 80.7 Å². The second-order valence-electron chi connectivity index (χ2n) is 11.0. The van der Waals surface area contributed by atoms with Crippen molar-refractivity contribution in [1.82, 2.24) is 25.2 Å². The van der Waals surface area contributed by atoms with Gasteiger partial charge >= 0.3 is 0 Å². The topological polar surface area (TPSA) is 152 Å². The van der Waals surface area contributed by atoms with Crippen LogP contribution in [-0.4, -0.2) is 76.2 Å². The lowest BCUT2D eigenvalue weighted by molar-refractivity contribution is 0.0445. The molecule has 2 unspecified atom stereocenters. The number of nitrogens with one attached hydrogen (secondary N) is 4. The van der Waals surface area contributed by atoms with Crippen molar-refractivity contribution in [2.24, 2.45) is 5.92 Å². The summed E-state index contributed by atoms with van der Waals surface area (Å²) in [5.41, 5.74) is 2.54. The molecule has 0 saturated carbocycles. The summed E-state index contributed by atoms with van der Waals surface area (Å²) in [5.74, 6) is -0.195. The van der Waals surface area contributed by atoms with E-state index < -0.39 is 11.7 Å². The number of hydrogen-bond acceptors (Lipinski definition) is 8. The third kappa shape index (κ3) is 5.68. The maximum absolute atomic E-state index is 13.7. The molecule has 43 heavy (non-hydrogen) atoms. The van der Waals surface area contributed by atoms with Crippen molar-refractivity contribution in [2.75, 3.05) is 38.7 Å². The predicted octanol–water partition coefficient (Wildman–Crippen LogP) is 3.72. The van der Waals surface area contributed by atoms with Crippen LogP contribution in [0.25, 0.3) is 22.4 Å². The first-order valence-electron chi connectivity index (χ1n) is 14.4. The van der Waals surface area contributed by atoms with E-state index in [4.69, 9.17) is 16.3 Å². The molecular formula is C31H33ClN6O5. The summed E-state index contributed by atoms with van der Waals surface area (Å²) in [5, 5.41) is 17.7. The largest absolute Gasteiger partial charge is 0.387 e. The maximum atomic E-state index is 13.7. The van der Waals surface area contributed by atoms with Crippen molar-refractivity contribution in [2.45, 2.75) is 31.4 Å². The van der Waals surface area contributed by atoms with Gasteiger partial charge in [-0.15, -0.1) is 0 Å². The number of halogens is 1. The van der Waals surface area contributed by atoms with Crippen molar-refractivity contribution in [3.8, 4) is 11.4 Å². The summed E-state index contributed by atoms with van der Waals surface area (Å²) in [6, 6.07) is 11.6. The molecule has 1 fully saturated rings. The number of aliphatic hydroxyl groups excluding tert-OH is 1. The van der Waals surface area contributed by atoms with Crippen LogP contribution in [0.15, 0.2) is 53.5 Å². The molecule has 0 bridgehead atoms. The van der Waals surface area contributed by atoms with Crippen LogP contribution in [0.2, 0.25) is 5.02 Å². The number of aromatic amines is 2. The molecular weight excluding hydrogens is 572 g/mol. The number of rotatable bonds is 10. The molecule has 224 valence electrons. The third-order valence-corrected chi connectivity index (χ3v) is 8.55. The third-order valence-electron chi connectivity index (χ3n) is 8.31. The van der Waals surface area contributed by atoms with E-state index in [1.807, 2.05) is 0 Å². The van der Waals surface area contributed by atoms with Crippen LogP contribution >= 0.6 is 11.6 Å². The number of pyridine rings is 1. The number of ether oxygens (including phenoxy) is 1. The first-order chi connectivity index (χ1) is 20.9. The van der Waals surface area contributed by atoms with Gasteiger partial charge in [-0.25, -0.2) is 4.98 Å². The molecule has 0 aliphatic carbocycles. The number of imidazole rings is 1. The Balaban J connectivity index is 1.29. The molecule has 12 heteroatoms. The molecule has 1 saturated heterocycles. The molecule has 2 atom stereocenters. The average Bonchev–Trinajstić information content (AvgIpc) is 3.53. The number of methoxy groups -OCH3 is 1. The number of benzene rings is 2. The zero-order chi connectivity index (χ0) is 30.1. The SMILES string of the molecule is COCCC(C1CCNCC1)N1C(=O)c2cc3nc(-c4c(NCC(O)c5cccc(Cl)c5)cc[nH]c4=O)[nH]c3cc2C1=O. The second kappa shape index (κ2) is 12.3. The summed E-state index contributed by atoms with van der Waals surface area (Å²) in [6.07, 6.45) is 2.97. The molecule has 6 rings (SSSR count). The van der Waals surface area contributed by atoms with Crippen LogP contribution in [0.5, 0.6) is 0 Å². The summed E-state index contributed by atoms with van der Waals surface area (Å²) < 4.78 is 5.32. The number of carbonyl (C=O) groups is 2. The number of aliphatic hydroxyl groups is 1. The lowest BCUT2D eigenvalue weighted by atomic mass is 9.87. The van der Waals surface area contributed by atoms with Gasteiger partial charge in [0.2, 0.25) is 0 Å². The van der Waals surface area contributed by atoms with Crippen molar-refractivity contribution >= 4 is 40.1 Å². The molecule has 0 spiro atoms. The molecule has 2 aliphatic rings. The Morgan fingerprint density at radius 3 is 2.63 bits per heavy atom. The smallest absolute Gasteiger partial charge is 0.261 e. The standard InChI is InChI=1S/C31H33ClN6O5/c1-43-12-8-25(17-5-9-33-10-6-17)38-30(41)20-14-23-24(15-21(20)31(38)42)37-28(36-23)27-22(7-11-34-29(27)40)35-16-26(39)18-3-2-4-19(32)13-18/h2-4,7,11,13-15,17,25-26,33,39H,5-6,8-10,12,16H2,1H3,(H,36,37)(H2,34,35,40). The molecule has 2 aromatic carbocycles. The lowest BCUT2D eigenvalue weighted by Crippen LogP contribution is -2.47. The van der Waals surface area contributed by atoms with Crippen LogP contribution in [0, 0.1) is 5.92 Å². The molecule has 2 aromatic heterocycles. The van der Waals surface area contributed by atoms with Crippen LogP contribution in [-0.2, 0) is 4.74 Å². The minimum absolute atomic E-state index is 0.117. The molecule has 2 amide bonds. The lowest BCUT2D eigenvalue weighted by Gasteiger charge is -2.35. The van der Waals surface area contributed by atoms with E-state index in [2.05, 4.69) is 25.6 Å². The molecule has 4 heterocycles. The number of nitrogens with zero attached hydrogens (tertiary/aromatic N) is 2. The number of amides is 2. The highest BCUT2D eigenvalue weighted by Gasteiger charge is 2.43. The Kier molecular flexibility index (Phi) is 8.31. The second-order valence-corrected chi connectivity index (χ2v) is 11.4. The van der Waals surface area contributed by atoms with Crippen LogP contribution in [0.1, 0.15) is 51.6 Å². The Bertz CT molecular complexity index is 1680. The fraction of sp³-hybridized carbons (Fsp3) is 0.355. The number of H-pyrrole nitrogens is 2. The predicted molar refractivity (Wildman–Crippen MR) is 163 cm³/mol. The summed E-state index contributed by atoms with van der Waals surface area (Å²) in [4.78, 5) is 52.2. The first-order valence-corrected chi connectivity index (χ1v) is 14.7. The Morgan fingerprint density at radius 2 is 1.88 bits per heavy atom. The quantitative estimate of drug-likeness (QED) is 0.172. The van der Waals surface area contributed by atoms with E-state index in [1.54, 1.807) is 49.6 Å². The van der Waals surface area contributed by atoms with Crippen LogP contribution in [0.3, 0.4) is 0 Å². The summed E-state index contributed by atoms with van der Waals surface area (Å²) in [6.45, 7) is 2.27. The normalized spacial score (nSPS) is 17.0. The Morgan fingerprint density at radius 1 is 1.12 bits per heavy atom. The van der Waals surface area contributed by atoms with E-state index >= 15 is 0 Å². The van der Waals surface area contributed by atoms with Crippen molar-refractivity contribution in [1.29, 1.82) is 0 Å². The maximum Gasteiger partial charge on any atom is 0.261 e. The number of anilines is 1. The zero-order valence-corrected chi connectivity index (χ0v) is 24.4. The number of fused-ring (bicyclic) bond motifs is 2. The summed E-state index contributed by atoms with van der Waals surface area (Å²) >= 11 is 6.06. The average molecular weight is 605 g/mol. The summed E-state index contributed by atoms with van der Waals surface area (Å²) in [7, 11) is 1.62. The molecule has 0 radical (unpaired) electrons. The zero-order valence-electron chi connectivity index (χ0n) is 23.7. The van der Waals surface area contributed by atoms with E-state index in [-0.39, 0.29) is 41.7 Å². The van der Waals surface area contributed by atoms with Crippen LogP contribution in [0.4, 0.5) is 5.69 Å². The molecule has 4 aromatic rings. The van der Waals surface area contributed by atoms with E-state index in [9.17, 15) is 19.5 Å². The van der Waals surface area contributed by atoms with Gasteiger partial charge in [-0.1, -0.05) is 23.7 Å². The van der Waals surface area contributed by atoms with Gasteiger partial charge in [-0.05, 0) is 74.2 Å². The van der Waals surface area contributed by atoms with Gasteiger partial charge < -0.3 is 30.4 Å². The fourth-order valence-electron chi connectivity index (χ4n) is 6.12. The van der Waals surface area contributed by atoms with Gasteiger partial charge in [-0.3, -0.25) is 19.3 Å². The first kappa shape index (κ1) is 29.1. The van der Waals surface area contributed by atoms with Gasteiger partial charge in [0, 0.05) is 37.5 Å². The van der Waals surface area contributed by atoms with Gasteiger partial charge in [0.25, 0.3) is 17.4 Å². The minimum Gasteiger partial charge on any atom is -0.387 e. The van der Waals surface area contributed by atoms with Gasteiger partial charge in [0.05, 0.1) is 34.0 Å². The monoisotopic (exact) mass is 604 g/mol. The fourth-order valence-corrected chi connectivity index (χ4v) is 6.32. The van der Waals surface area contributed by atoms with Crippen molar-refractivity contribution < 1.29 is 19.4 Å². The Hall–Kier alpha value is -4.03. The molecule has 2 aliphatic heterocycles. The molecule has 5 N–H and O–H groups in total. The number of aromatic nitrogens is 3.